The summed E-state index contributed by atoms with van der Waals surface area (Å²) in [5.41, 5.74) is 1.75. The molecule has 3 rings (SSSR count). The Morgan fingerprint density at radius 1 is 1.30 bits per heavy atom. The number of benzene rings is 1. The Morgan fingerprint density at radius 3 is 2.57 bits per heavy atom. The molecule has 0 amide bonds. The molecule has 23 heavy (non-hydrogen) atoms. The molecule has 0 bridgehead atoms. The molecule has 0 unspecified atom stereocenters. The summed E-state index contributed by atoms with van der Waals surface area (Å²) in [6.07, 6.45) is 3.04. The minimum Gasteiger partial charge on any atom is -0.481 e. The molecule has 0 aliphatic carbocycles. The first-order valence-electron chi connectivity index (χ1n) is 7.27. The molecule has 1 aliphatic heterocycles. The van der Waals surface area contributed by atoms with Crippen molar-refractivity contribution in [2.24, 2.45) is 5.92 Å². The number of carboxylic acid groups (broad SMARTS) is 1. The Bertz CT molecular complexity index is 650. The number of likely N-dealkylation sites (tertiary alicyclic amines) is 1. The number of halogens is 2. The van der Waals surface area contributed by atoms with Crippen LogP contribution in [0.2, 0.25) is 5.02 Å². The summed E-state index contributed by atoms with van der Waals surface area (Å²) in [7, 11) is 0. The highest BCUT2D eigenvalue weighted by Gasteiger charge is 2.24. The van der Waals surface area contributed by atoms with Gasteiger partial charge in [-0.1, -0.05) is 11.6 Å². The zero-order chi connectivity index (χ0) is 15.5. The van der Waals surface area contributed by atoms with Gasteiger partial charge in [0.2, 0.25) is 5.89 Å². The third kappa shape index (κ3) is 4.47. The Labute approximate surface area is 145 Å². The quantitative estimate of drug-likeness (QED) is 0.904. The van der Waals surface area contributed by atoms with Gasteiger partial charge in [-0.05, 0) is 50.2 Å². The van der Waals surface area contributed by atoms with E-state index in [0.29, 0.717) is 30.3 Å². The van der Waals surface area contributed by atoms with E-state index in [1.54, 1.807) is 18.4 Å². The largest absolute Gasteiger partial charge is 0.481 e. The van der Waals surface area contributed by atoms with Crippen LogP contribution < -0.4 is 0 Å². The van der Waals surface area contributed by atoms with Gasteiger partial charge in [-0.25, -0.2) is 4.98 Å². The minimum absolute atomic E-state index is 0. The third-order valence-corrected chi connectivity index (χ3v) is 4.22. The molecular weight excluding hydrogens is 339 g/mol. The molecule has 2 heterocycles. The average Bonchev–Trinajstić information content (AvgIpc) is 2.97. The van der Waals surface area contributed by atoms with E-state index in [4.69, 9.17) is 21.1 Å². The second-order valence-electron chi connectivity index (χ2n) is 5.54. The van der Waals surface area contributed by atoms with Crippen LogP contribution in [0.15, 0.2) is 34.9 Å². The molecule has 2 aromatic rings. The normalized spacial score (nSPS) is 16.0. The Hall–Kier alpha value is -1.56. The number of hydrogen-bond acceptors (Lipinski definition) is 4. The van der Waals surface area contributed by atoms with Gasteiger partial charge in [0.25, 0.3) is 0 Å². The molecular formula is C16H18Cl2N2O3. The summed E-state index contributed by atoms with van der Waals surface area (Å²) in [4.78, 5) is 17.7. The lowest BCUT2D eigenvalue weighted by molar-refractivity contribution is -0.143. The summed E-state index contributed by atoms with van der Waals surface area (Å²) >= 11 is 5.87. The fourth-order valence-corrected chi connectivity index (χ4v) is 2.80. The predicted molar refractivity (Wildman–Crippen MR) is 89.8 cm³/mol. The number of piperidine rings is 1. The first kappa shape index (κ1) is 17.8. The first-order chi connectivity index (χ1) is 10.6. The van der Waals surface area contributed by atoms with E-state index in [-0.39, 0.29) is 18.3 Å². The van der Waals surface area contributed by atoms with Gasteiger partial charge in [0.05, 0.1) is 11.6 Å². The van der Waals surface area contributed by atoms with Gasteiger partial charge in [-0.15, -0.1) is 12.4 Å². The molecule has 0 spiro atoms. The van der Waals surface area contributed by atoms with Gasteiger partial charge in [-0.2, -0.15) is 0 Å². The molecule has 5 nitrogen and oxygen atoms in total. The van der Waals surface area contributed by atoms with Crippen molar-refractivity contribution >= 4 is 30.0 Å². The van der Waals surface area contributed by atoms with Gasteiger partial charge in [0.1, 0.15) is 6.26 Å². The van der Waals surface area contributed by atoms with Crippen molar-refractivity contribution in [3.05, 3.63) is 41.2 Å². The lowest BCUT2D eigenvalue weighted by Crippen LogP contribution is -2.35. The van der Waals surface area contributed by atoms with E-state index in [0.717, 1.165) is 24.3 Å². The van der Waals surface area contributed by atoms with Gasteiger partial charge in [0, 0.05) is 17.1 Å². The molecule has 1 aromatic carbocycles. The van der Waals surface area contributed by atoms with Gasteiger partial charge in [0.15, 0.2) is 0 Å². The number of carboxylic acids is 1. The van der Waals surface area contributed by atoms with Gasteiger partial charge < -0.3 is 9.52 Å². The zero-order valence-electron chi connectivity index (χ0n) is 12.4. The summed E-state index contributed by atoms with van der Waals surface area (Å²) in [6.45, 7) is 2.24. The fraction of sp³-hybridized carbons (Fsp3) is 0.375. The van der Waals surface area contributed by atoms with Crippen LogP contribution in [0.1, 0.15) is 18.5 Å². The first-order valence-corrected chi connectivity index (χ1v) is 7.65. The minimum atomic E-state index is -0.689. The number of carbonyl (C=O) groups is 1. The van der Waals surface area contributed by atoms with Crippen molar-refractivity contribution in [2.75, 3.05) is 13.1 Å². The maximum atomic E-state index is 10.9. The molecule has 1 aliphatic rings. The Kier molecular flexibility index (Phi) is 6.04. The molecule has 1 saturated heterocycles. The van der Waals surface area contributed by atoms with Crippen molar-refractivity contribution in [2.45, 2.75) is 19.4 Å². The molecule has 1 N–H and O–H groups in total. The maximum Gasteiger partial charge on any atom is 0.306 e. The molecule has 1 fully saturated rings. The molecule has 7 heteroatoms. The number of aromatic nitrogens is 1. The van der Waals surface area contributed by atoms with Gasteiger partial charge >= 0.3 is 5.97 Å². The van der Waals surface area contributed by atoms with Crippen LogP contribution in [-0.4, -0.2) is 34.0 Å². The number of oxazole rings is 1. The van der Waals surface area contributed by atoms with Crippen molar-refractivity contribution in [1.82, 2.24) is 9.88 Å². The van der Waals surface area contributed by atoms with Crippen LogP contribution in [0.3, 0.4) is 0 Å². The number of aliphatic carboxylic acids is 1. The summed E-state index contributed by atoms with van der Waals surface area (Å²) in [6, 6.07) is 7.35. The van der Waals surface area contributed by atoms with Crippen LogP contribution in [0.25, 0.3) is 11.5 Å². The van der Waals surface area contributed by atoms with Crippen LogP contribution in [0, 0.1) is 5.92 Å². The highest BCUT2D eigenvalue weighted by atomic mass is 35.5. The highest BCUT2D eigenvalue weighted by Crippen LogP contribution is 2.23. The van der Waals surface area contributed by atoms with Gasteiger partial charge in [-0.3, -0.25) is 9.69 Å². The number of hydrogen-bond donors (Lipinski definition) is 1. The van der Waals surface area contributed by atoms with Crippen molar-refractivity contribution < 1.29 is 14.3 Å². The van der Waals surface area contributed by atoms with E-state index in [1.807, 2.05) is 12.1 Å². The predicted octanol–water partition coefficient (Wildman–Crippen LogP) is 3.71. The van der Waals surface area contributed by atoms with Crippen LogP contribution >= 0.6 is 24.0 Å². The number of rotatable bonds is 4. The van der Waals surface area contributed by atoms with Crippen LogP contribution in [-0.2, 0) is 11.3 Å². The average molecular weight is 357 g/mol. The molecule has 0 radical (unpaired) electrons. The Morgan fingerprint density at radius 2 is 1.96 bits per heavy atom. The summed E-state index contributed by atoms with van der Waals surface area (Å²) < 4.78 is 5.52. The molecule has 0 saturated carbocycles. The smallest absolute Gasteiger partial charge is 0.306 e. The van der Waals surface area contributed by atoms with E-state index >= 15 is 0 Å². The molecule has 0 atom stereocenters. The van der Waals surface area contributed by atoms with Crippen LogP contribution in [0.4, 0.5) is 0 Å². The molecule has 124 valence electrons. The zero-order valence-corrected chi connectivity index (χ0v) is 14.0. The SMILES string of the molecule is Cl.O=C(O)C1CCN(Cc2coc(-c3ccc(Cl)cc3)n2)CC1. The molecule has 1 aromatic heterocycles. The van der Waals surface area contributed by atoms with Crippen molar-refractivity contribution in [3.8, 4) is 11.5 Å². The summed E-state index contributed by atoms with van der Waals surface area (Å²) in [5, 5.41) is 9.69. The van der Waals surface area contributed by atoms with Crippen molar-refractivity contribution in [1.29, 1.82) is 0 Å². The van der Waals surface area contributed by atoms with E-state index in [2.05, 4.69) is 9.88 Å². The second kappa shape index (κ2) is 7.81. The van der Waals surface area contributed by atoms with E-state index < -0.39 is 5.97 Å². The van der Waals surface area contributed by atoms with Crippen molar-refractivity contribution in [3.63, 3.8) is 0 Å². The lowest BCUT2D eigenvalue weighted by atomic mass is 9.97. The maximum absolute atomic E-state index is 10.9. The highest BCUT2D eigenvalue weighted by molar-refractivity contribution is 6.30. The van der Waals surface area contributed by atoms with Crippen LogP contribution in [0.5, 0.6) is 0 Å². The number of nitrogens with zero attached hydrogens (tertiary/aromatic N) is 2. The monoisotopic (exact) mass is 356 g/mol. The summed E-state index contributed by atoms with van der Waals surface area (Å²) in [5.74, 6) is -0.323. The lowest BCUT2D eigenvalue weighted by Gasteiger charge is -2.29. The van der Waals surface area contributed by atoms with E-state index in [1.165, 1.54) is 0 Å². The second-order valence-corrected chi connectivity index (χ2v) is 5.98. The fourth-order valence-electron chi connectivity index (χ4n) is 2.67. The topological polar surface area (TPSA) is 66.6 Å². The Balaban J connectivity index is 0.00000192. The van der Waals surface area contributed by atoms with E-state index in [9.17, 15) is 4.79 Å². The third-order valence-electron chi connectivity index (χ3n) is 3.97. The standard InChI is InChI=1S/C16H17ClN2O3.ClH/c17-13-3-1-11(2-4-13)15-18-14(10-22-15)9-19-7-5-12(6-8-19)16(20)21;/h1-4,10,12H,5-9H2,(H,20,21);1H.